The van der Waals surface area contributed by atoms with E-state index in [1.807, 2.05) is 49.6 Å². The van der Waals surface area contributed by atoms with E-state index in [0.717, 1.165) is 43.3 Å². The van der Waals surface area contributed by atoms with Gasteiger partial charge in [-0.1, -0.05) is 42.5 Å². The number of imidazole rings is 1. The van der Waals surface area contributed by atoms with Crippen LogP contribution in [0.5, 0.6) is 0 Å². The number of aryl methyl sites for hydroxylation is 2. The monoisotopic (exact) mass is 432 g/mol. The van der Waals surface area contributed by atoms with Crippen molar-refractivity contribution in [3.8, 4) is 0 Å². The number of aromatic nitrogens is 2. The number of guanidine groups is 1. The fourth-order valence-corrected chi connectivity index (χ4v) is 3.42. The molecule has 3 aromatic rings. The summed E-state index contributed by atoms with van der Waals surface area (Å²) in [6, 6.07) is 18.1. The Hall–Kier alpha value is -3.61. The summed E-state index contributed by atoms with van der Waals surface area (Å²) in [6.07, 6.45) is 5.59. The van der Waals surface area contributed by atoms with Crippen molar-refractivity contribution in [2.75, 3.05) is 20.1 Å². The lowest BCUT2D eigenvalue weighted by atomic mass is 10.1. The first-order valence-electron chi connectivity index (χ1n) is 11.1. The molecule has 7 heteroatoms. The van der Waals surface area contributed by atoms with E-state index >= 15 is 0 Å². The number of rotatable bonds is 10. The van der Waals surface area contributed by atoms with Crippen molar-refractivity contribution in [2.45, 2.75) is 32.9 Å². The Bertz CT molecular complexity index is 1010. The maximum absolute atomic E-state index is 11.8. The zero-order valence-corrected chi connectivity index (χ0v) is 18.8. The van der Waals surface area contributed by atoms with E-state index < -0.39 is 0 Å². The Labute approximate surface area is 190 Å². The highest BCUT2D eigenvalue weighted by Gasteiger charge is 2.06. The van der Waals surface area contributed by atoms with Crippen molar-refractivity contribution >= 4 is 11.9 Å². The zero-order chi connectivity index (χ0) is 22.6. The first kappa shape index (κ1) is 23.1. The third-order valence-corrected chi connectivity index (χ3v) is 5.13. The van der Waals surface area contributed by atoms with Crippen LogP contribution in [-0.2, 0) is 25.9 Å². The molecule has 0 aliphatic heterocycles. The molecule has 0 atom stereocenters. The first-order valence-corrected chi connectivity index (χ1v) is 11.1. The Morgan fingerprint density at radius 2 is 1.84 bits per heavy atom. The van der Waals surface area contributed by atoms with Gasteiger partial charge in [0, 0.05) is 44.6 Å². The Morgan fingerprint density at radius 1 is 1.03 bits per heavy atom. The van der Waals surface area contributed by atoms with E-state index in [2.05, 4.69) is 49.8 Å². The van der Waals surface area contributed by atoms with Crippen LogP contribution in [0.25, 0.3) is 0 Å². The largest absolute Gasteiger partial charge is 0.357 e. The predicted molar refractivity (Wildman–Crippen MR) is 129 cm³/mol. The van der Waals surface area contributed by atoms with E-state index in [0.29, 0.717) is 18.7 Å². The minimum Gasteiger partial charge on any atom is -0.357 e. The number of amides is 1. The van der Waals surface area contributed by atoms with Gasteiger partial charge >= 0.3 is 0 Å². The topological polar surface area (TPSA) is 83.3 Å². The summed E-state index contributed by atoms with van der Waals surface area (Å²) in [4.78, 5) is 21.0. The van der Waals surface area contributed by atoms with Gasteiger partial charge in [-0.2, -0.15) is 0 Å². The van der Waals surface area contributed by atoms with Gasteiger partial charge in [0.05, 0.1) is 0 Å². The average molecular weight is 433 g/mol. The Balaban J connectivity index is 1.54. The number of aliphatic imine (C=N–C) groups is 1. The molecule has 0 fully saturated rings. The van der Waals surface area contributed by atoms with Gasteiger partial charge in [0.2, 0.25) is 0 Å². The normalized spacial score (nSPS) is 11.2. The van der Waals surface area contributed by atoms with Crippen LogP contribution in [0.4, 0.5) is 0 Å². The summed E-state index contributed by atoms with van der Waals surface area (Å²) in [5.74, 6) is 1.63. The molecule has 0 saturated heterocycles. The number of nitrogens with one attached hydrogen (secondary N) is 3. The quantitative estimate of drug-likeness (QED) is 0.340. The number of nitrogens with zero attached hydrogens (tertiary/aromatic N) is 3. The molecule has 1 aromatic heterocycles. The van der Waals surface area contributed by atoms with Crippen molar-refractivity contribution in [3.05, 3.63) is 89.5 Å². The van der Waals surface area contributed by atoms with Gasteiger partial charge < -0.3 is 20.5 Å². The van der Waals surface area contributed by atoms with Gasteiger partial charge in [0.1, 0.15) is 12.4 Å². The summed E-state index contributed by atoms with van der Waals surface area (Å²) in [6.45, 7) is 4.92. The predicted octanol–water partition coefficient (Wildman–Crippen LogP) is 2.78. The van der Waals surface area contributed by atoms with Crippen LogP contribution in [0.3, 0.4) is 0 Å². The molecule has 1 heterocycles. The molecular weight excluding hydrogens is 400 g/mol. The second kappa shape index (κ2) is 12.3. The average Bonchev–Trinajstić information content (AvgIpc) is 3.29. The first-order chi connectivity index (χ1) is 15.7. The summed E-state index contributed by atoms with van der Waals surface area (Å²) >= 11 is 0. The van der Waals surface area contributed by atoms with Crippen molar-refractivity contribution in [1.82, 2.24) is 25.5 Å². The van der Waals surface area contributed by atoms with Crippen LogP contribution in [-0.4, -0.2) is 41.6 Å². The fourth-order valence-electron chi connectivity index (χ4n) is 3.42. The van der Waals surface area contributed by atoms with Crippen LogP contribution in [0, 0.1) is 0 Å². The highest BCUT2D eigenvalue weighted by Crippen LogP contribution is 2.07. The van der Waals surface area contributed by atoms with Gasteiger partial charge in [-0.3, -0.25) is 4.79 Å². The number of hydrogen-bond acceptors (Lipinski definition) is 3. The third-order valence-electron chi connectivity index (χ3n) is 5.13. The molecule has 0 radical (unpaired) electrons. The molecule has 32 heavy (non-hydrogen) atoms. The van der Waals surface area contributed by atoms with Crippen molar-refractivity contribution < 1.29 is 4.79 Å². The lowest BCUT2D eigenvalue weighted by Gasteiger charge is -2.12. The molecular formula is C25H32N6O. The van der Waals surface area contributed by atoms with Crippen molar-refractivity contribution in [3.63, 3.8) is 0 Å². The zero-order valence-electron chi connectivity index (χ0n) is 18.8. The maximum Gasteiger partial charge on any atom is 0.251 e. The molecule has 168 valence electrons. The molecule has 0 unspecified atom stereocenters. The molecule has 2 aromatic carbocycles. The van der Waals surface area contributed by atoms with Gasteiger partial charge in [-0.15, -0.1) is 0 Å². The van der Waals surface area contributed by atoms with Crippen LogP contribution in [0.1, 0.15) is 34.2 Å². The molecule has 3 N–H and O–H groups in total. The highest BCUT2D eigenvalue weighted by molar-refractivity contribution is 5.94. The van der Waals surface area contributed by atoms with E-state index in [-0.39, 0.29) is 5.91 Å². The smallest absolute Gasteiger partial charge is 0.251 e. The Morgan fingerprint density at radius 3 is 2.62 bits per heavy atom. The molecule has 0 spiro atoms. The number of carbonyl (C=O) groups is 1. The van der Waals surface area contributed by atoms with Crippen LogP contribution in [0.2, 0.25) is 0 Å². The molecule has 0 bridgehead atoms. The second-order valence-electron chi connectivity index (χ2n) is 7.42. The molecule has 1 amide bonds. The minimum atomic E-state index is -0.0718. The molecule has 0 saturated carbocycles. The molecule has 7 nitrogen and oxygen atoms in total. The van der Waals surface area contributed by atoms with E-state index in [1.54, 1.807) is 7.05 Å². The summed E-state index contributed by atoms with van der Waals surface area (Å²) in [5, 5.41) is 9.32. The second-order valence-corrected chi connectivity index (χ2v) is 7.42. The lowest BCUT2D eigenvalue weighted by Crippen LogP contribution is -2.38. The number of benzene rings is 2. The number of hydrogen-bond donors (Lipinski definition) is 3. The van der Waals surface area contributed by atoms with Crippen LogP contribution >= 0.6 is 0 Å². The highest BCUT2D eigenvalue weighted by atomic mass is 16.1. The fraction of sp³-hybridized carbons (Fsp3) is 0.320. The van der Waals surface area contributed by atoms with Crippen LogP contribution < -0.4 is 16.0 Å². The standard InChI is InChI=1S/C25H32N6O/c1-3-27-25(29-14-12-21-10-7-11-22(18-21)24(32)26-2)30-19-23-28-15-17-31(23)16-13-20-8-5-4-6-9-20/h4-11,15,17-18H,3,12-14,16,19H2,1-2H3,(H,26,32)(H2,27,29,30). The third kappa shape index (κ3) is 6.97. The SMILES string of the molecule is CCNC(=NCc1nccn1CCc1ccccc1)NCCc1cccc(C(=O)NC)c1. The van der Waals surface area contributed by atoms with Gasteiger partial charge in [0.25, 0.3) is 5.91 Å². The lowest BCUT2D eigenvalue weighted by molar-refractivity contribution is 0.0963. The molecule has 3 rings (SSSR count). The summed E-state index contributed by atoms with van der Waals surface area (Å²) in [5.41, 5.74) is 3.09. The van der Waals surface area contributed by atoms with Crippen molar-refractivity contribution in [2.24, 2.45) is 4.99 Å². The van der Waals surface area contributed by atoms with Gasteiger partial charge in [0.15, 0.2) is 5.96 Å². The van der Waals surface area contributed by atoms with E-state index in [9.17, 15) is 4.79 Å². The Kier molecular flexibility index (Phi) is 8.86. The van der Waals surface area contributed by atoms with Crippen molar-refractivity contribution in [1.29, 1.82) is 0 Å². The van der Waals surface area contributed by atoms with Crippen LogP contribution in [0.15, 0.2) is 72.0 Å². The minimum absolute atomic E-state index is 0.0718. The van der Waals surface area contributed by atoms with E-state index in [1.165, 1.54) is 5.56 Å². The number of carbonyl (C=O) groups excluding carboxylic acids is 1. The summed E-state index contributed by atoms with van der Waals surface area (Å²) < 4.78 is 2.16. The van der Waals surface area contributed by atoms with Gasteiger partial charge in [-0.25, -0.2) is 9.98 Å². The summed E-state index contributed by atoms with van der Waals surface area (Å²) in [7, 11) is 1.64. The van der Waals surface area contributed by atoms with E-state index in [4.69, 9.17) is 4.99 Å². The molecule has 0 aliphatic carbocycles. The van der Waals surface area contributed by atoms with Gasteiger partial charge in [-0.05, 0) is 43.0 Å². The maximum atomic E-state index is 11.8. The molecule has 0 aliphatic rings.